The first-order valence-corrected chi connectivity index (χ1v) is 24.8. The van der Waals surface area contributed by atoms with Crippen molar-refractivity contribution in [3.63, 3.8) is 0 Å². The molecule has 0 aliphatic carbocycles. The highest BCUT2D eigenvalue weighted by Gasteiger charge is 2.22. The smallest absolute Gasteiger partial charge is 0.137 e. The van der Waals surface area contributed by atoms with E-state index in [2.05, 4.69) is 288 Å². The molecule has 336 valence electrons. The van der Waals surface area contributed by atoms with E-state index >= 15 is 0 Å². The Morgan fingerprint density at radius 1 is 0.225 bits per heavy atom. The number of benzene rings is 11. The van der Waals surface area contributed by atoms with Gasteiger partial charge in [0.05, 0.1) is 0 Å². The van der Waals surface area contributed by atoms with Crippen LogP contribution in [-0.4, -0.2) is 0 Å². The zero-order chi connectivity index (χ0) is 47.1. The maximum Gasteiger partial charge on any atom is 0.137 e. The molecule has 0 spiro atoms. The van der Waals surface area contributed by atoms with E-state index in [1.54, 1.807) is 0 Å². The van der Waals surface area contributed by atoms with E-state index in [0.717, 1.165) is 89.8 Å². The fraction of sp³-hybridized carbons (Fsp3) is 0. The second-order valence-corrected chi connectivity index (χ2v) is 18.9. The Morgan fingerprint density at radius 2 is 0.690 bits per heavy atom. The Bertz CT molecular complexity index is 3820. The van der Waals surface area contributed by atoms with Gasteiger partial charge in [0.15, 0.2) is 0 Å². The van der Waals surface area contributed by atoms with Gasteiger partial charge < -0.3 is 19.1 Å². The molecular formula is C66H45N3OS. The molecule has 0 atom stereocenters. The average Bonchev–Trinajstić information content (AvgIpc) is 4.00. The summed E-state index contributed by atoms with van der Waals surface area (Å²) in [6.45, 7) is 0. The molecular weight excluding hydrogens is 883 g/mol. The first-order valence-electron chi connectivity index (χ1n) is 24.0. The van der Waals surface area contributed by atoms with Crippen molar-refractivity contribution >= 4 is 105 Å². The predicted octanol–water partition coefficient (Wildman–Crippen LogP) is 19.7. The van der Waals surface area contributed by atoms with E-state index in [-0.39, 0.29) is 0 Å². The molecule has 0 radical (unpaired) electrons. The molecule has 13 aromatic rings. The number of nitrogens with zero attached hydrogens (tertiary/aromatic N) is 3. The number of hydrogen-bond acceptors (Lipinski definition) is 5. The third-order valence-corrected chi connectivity index (χ3v) is 14.5. The van der Waals surface area contributed by atoms with Crippen LogP contribution in [0.3, 0.4) is 0 Å². The Morgan fingerprint density at radius 3 is 1.32 bits per heavy atom. The maximum absolute atomic E-state index is 6.83. The van der Waals surface area contributed by atoms with E-state index in [1.165, 1.54) is 25.7 Å². The highest BCUT2D eigenvalue weighted by atomic mass is 32.1. The predicted molar refractivity (Wildman–Crippen MR) is 302 cm³/mol. The third kappa shape index (κ3) is 7.94. The minimum atomic E-state index is 0.828. The quantitative estimate of drug-likeness (QED) is 0.129. The zero-order valence-corrected chi connectivity index (χ0v) is 39.5. The minimum absolute atomic E-state index is 0.828. The van der Waals surface area contributed by atoms with Crippen LogP contribution < -0.4 is 14.7 Å². The fourth-order valence-corrected chi connectivity index (χ4v) is 11.1. The van der Waals surface area contributed by atoms with Gasteiger partial charge in [0.25, 0.3) is 0 Å². The second-order valence-electron chi connectivity index (χ2n) is 17.8. The van der Waals surface area contributed by atoms with Gasteiger partial charge in [-0.15, -0.1) is 11.3 Å². The van der Waals surface area contributed by atoms with Crippen molar-refractivity contribution in [1.82, 2.24) is 0 Å². The van der Waals surface area contributed by atoms with Gasteiger partial charge in [-0.3, -0.25) is 0 Å². The lowest BCUT2D eigenvalue weighted by molar-refractivity contribution is 0.669. The van der Waals surface area contributed by atoms with Gasteiger partial charge in [-0.25, -0.2) is 0 Å². The van der Waals surface area contributed by atoms with Gasteiger partial charge in [0.2, 0.25) is 0 Å². The molecule has 0 amide bonds. The molecule has 5 heteroatoms. The van der Waals surface area contributed by atoms with Crippen molar-refractivity contribution < 1.29 is 4.42 Å². The molecule has 0 fully saturated rings. The lowest BCUT2D eigenvalue weighted by atomic mass is 9.99. The molecule has 13 rings (SSSR count). The van der Waals surface area contributed by atoms with Gasteiger partial charge in [0.1, 0.15) is 11.2 Å². The van der Waals surface area contributed by atoms with E-state index in [9.17, 15) is 0 Å². The van der Waals surface area contributed by atoms with Crippen molar-refractivity contribution in [2.75, 3.05) is 14.7 Å². The first-order chi connectivity index (χ1) is 35.2. The molecule has 2 aromatic heterocycles. The van der Waals surface area contributed by atoms with Crippen LogP contribution in [0.2, 0.25) is 0 Å². The summed E-state index contributed by atoms with van der Waals surface area (Å²) in [6.07, 6.45) is 0. The molecule has 11 aromatic carbocycles. The van der Waals surface area contributed by atoms with Crippen LogP contribution in [-0.2, 0) is 0 Å². The number of rotatable bonds is 11. The number of fused-ring (bicyclic) bond motifs is 6. The van der Waals surface area contributed by atoms with Crippen LogP contribution in [0.1, 0.15) is 0 Å². The molecule has 0 saturated heterocycles. The van der Waals surface area contributed by atoms with Gasteiger partial charge in [-0.05, 0) is 150 Å². The standard InChI is InChI=1S/C66H45N3OS/c1-6-19-46(20-7-1)47-21-18-30-54(39-47)69(55-35-38-66-62(44-55)60-31-16-17-32-65(60)71-66)56-34-36-59-61-42-48(33-37-63(61)70-64(59)45-56)49-40-57(67(50-22-8-2-9-23-50)51-24-10-3-11-25-51)43-58(41-49)68(52-26-12-4-13-27-52)53-28-14-5-15-29-53/h1-45H. The number of para-hydroxylation sites is 4. The lowest BCUT2D eigenvalue weighted by Gasteiger charge is -2.30. The van der Waals surface area contributed by atoms with Crippen molar-refractivity contribution in [1.29, 1.82) is 0 Å². The van der Waals surface area contributed by atoms with Crippen LogP contribution in [0.25, 0.3) is 64.4 Å². The van der Waals surface area contributed by atoms with Crippen LogP contribution in [0, 0.1) is 0 Å². The summed E-state index contributed by atoms with van der Waals surface area (Å²) < 4.78 is 9.39. The average molecular weight is 928 g/mol. The highest BCUT2D eigenvalue weighted by molar-refractivity contribution is 7.25. The molecule has 0 saturated carbocycles. The largest absolute Gasteiger partial charge is 0.456 e. The summed E-state index contributed by atoms with van der Waals surface area (Å²) in [6, 6.07) is 97.7. The molecule has 0 aliphatic heterocycles. The van der Waals surface area contributed by atoms with Crippen molar-refractivity contribution in [2.24, 2.45) is 0 Å². The van der Waals surface area contributed by atoms with Gasteiger partial charge in [-0.1, -0.05) is 140 Å². The van der Waals surface area contributed by atoms with Crippen LogP contribution in [0.15, 0.2) is 277 Å². The SMILES string of the molecule is c1ccc(-c2cccc(N(c3ccc4c(c3)oc3ccc(-c5cc(N(c6ccccc6)c6ccccc6)cc(N(c6ccccc6)c6ccccc6)c5)cc34)c3ccc4sc5ccccc5c4c3)c2)cc1. The van der Waals surface area contributed by atoms with Crippen LogP contribution >= 0.6 is 11.3 Å². The molecule has 0 bridgehead atoms. The van der Waals surface area contributed by atoms with Gasteiger partial charge in [0, 0.05) is 88.2 Å². The summed E-state index contributed by atoms with van der Waals surface area (Å²) in [7, 11) is 0. The molecule has 0 aliphatic rings. The zero-order valence-electron chi connectivity index (χ0n) is 38.6. The topological polar surface area (TPSA) is 22.9 Å². The molecule has 71 heavy (non-hydrogen) atoms. The second kappa shape index (κ2) is 18.1. The summed E-state index contributed by atoms with van der Waals surface area (Å²) >= 11 is 1.84. The van der Waals surface area contributed by atoms with Crippen LogP contribution in [0.5, 0.6) is 0 Å². The Balaban J connectivity index is 0.969. The van der Waals surface area contributed by atoms with Crippen molar-refractivity contribution in [3.8, 4) is 22.3 Å². The van der Waals surface area contributed by atoms with Crippen molar-refractivity contribution in [2.45, 2.75) is 0 Å². The van der Waals surface area contributed by atoms with E-state index in [4.69, 9.17) is 4.42 Å². The van der Waals surface area contributed by atoms with Crippen molar-refractivity contribution in [3.05, 3.63) is 273 Å². The molecule has 4 nitrogen and oxygen atoms in total. The monoisotopic (exact) mass is 927 g/mol. The number of hydrogen-bond donors (Lipinski definition) is 0. The summed E-state index contributed by atoms with van der Waals surface area (Å²) in [5.74, 6) is 0. The first kappa shape index (κ1) is 42.0. The highest BCUT2D eigenvalue weighted by Crippen LogP contribution is 2.46. The van der Waals surface area contributed by atoms with E-state index in [0.29, 0.717) is 0 Å². The van der Waals surface area contributed by atoms with Gasteiger partial charge >= 0.3 is 0 Å². The van der Waals surface area contributed by atoms with E-state index < -0.39 is 0 Å². The molecule has 0 unspecified atom stereocenters. The minimum Gasteiger partial charge on any atom is -0.456 e. The Hall–Kier alpha value is -9.16. The maximum atomic E-state index is 6.83. The van der Waals surface area contributed by atoms with Crippen LogP contribution in [0.4, 0.5) is 51.2 Å². The Kier molecular flexibility index (Phi) is 10.7. The van der Waals surface area contributed by atoms with E-state index in [1.807, 2.05) is 11.3 Å². The summed E-state index contributed by atoms with van der Waals surface area (Å²) in [5, 5.41) is 4.65. The number of anilines is 9. The lowest BCUT2D eigenvalue weighted by Crippen LogP contribution is -2.13. The Labute approximate surface area is 416 Å². The summed E-state index contributed by atoms with van der Waals surface area (Å²) in [4.78, 5) is 7.04. The number of thiophene rings is 1. The third-order valence-electron chi connectivity index (χ3n) is 13.4. The molecule has 0 N–H and O–H groups in total. The molecule has 2 heterocycles. The van der Waals surface area contributed by atoms with Gasteiger partial charge in [-0.2, -0.15) is 0 Å². The normalized spacial score (nSPS) is 11.4. The fourth-order valence-electron chi connectivity index (χ4n) is 10.1. The summed E-state index contributed by atoms with van der Waals surface area (Å²) in [5.41, 5.74) is 15.7. The number of furan rings is 1.